The summed E-state index contributed by atoms with van der Waals surface area (Å²) in [5, 5.41) is 0.706. The number of aryl methyl sites for hydroxylation is 2. The Morgan fingerprint density at radius 3 is 2.22 bits per heavy atom. The van der Waals surface area contributed by atoms with Gasteiger partial charge in [0.1, 0.15) is 0 Å². The molecule has 0 unspecified atom stereocenters. The first-order valence-electron chi connectivity index (χ1n) is 13.4. The molecule has 1 heterocycles. The van der Waals surface area contributed by atoms with Gasteiger partial charge in [0.2, 0.25) is 0 Å². The summed E-state index contributed by atoms with van der Waals surface area (Å²) in [5.74, 6) is -0.737. The number of benzene rings is 3. The summed E-state index contributed by atoms with van der Waals surface area (Å²) in [6, 6.07) is 25.1. The van der Waals surface area contributed by atoms with Crippen LogP contribution in [0.15, 0.2) is 78.9 Å². The van der Waals surface area contributed by atoms with E-state index < -0.39 is 5.97 Å². The quantitative estimate of drug-likeness (QED) is 0.114. The number of ether oxygens (including phenoxy) is 1. The lowest BCUT2D eigenvalue weighted by molar-refractivity contribution is 0.0476. The summed E-state index contributed by atoms with van der Waals surface area (Å²) in [6.45, 7) is 4.03. The Hall–Kier alpha value is -3.79. The molecule has 0 spiro atoms. The highest BCUT2D eigenvalue weighted by Crippen LogP contribution is 2.26. The van der Waals surface area contributed by atoms with Gasteiger partial charge in [-0.05, 0) is 42.5 Å². The van der Waals surface area contributed by atoms with Crippen molar-refractivity contribution in [1.82, 2.24) is 4.98 Å². The van der Waals surface area contributed by atoms with Gasteiger partial charge in [0.05, 0.1) is 16.8 Å². The fraction of sp³-hybridized carbons (Fsp3) is 0.303. The average Bonchev–Trinajstić information content (AvgIpc) is 2.95. The maximum atomic E-state index is 13.1. The Morgan fingerprint density at radius 1 is 0.784 bits per heavy atom. The lowest BCUT2D eigenvalue weighted by Gasteiger charge is -2.10. The first kappa shape index (κ1) is 26.3. The van der Waals surface area contributed by atoms with Gasteiger partial charge in [-0.3, -0.25) is 4.79 Å². The van der Waals surface area contributed by atoms with Gasteiger partial charge in [0.15, 0.2) is 12.4 Å². The van der Waals surface area contributed by atoms with Gasteiger partial charge in [-0.2, -0.15) is 0 Å². The van der Waals surface area contributed by atoms with Crippen LogP contribution in [0.25, 0.3) is 22.2 Å². The number of Topliss-reactive ketones (excluding diaryl/α,β-unsaturated/α-hetero) is 1. The second kappa shape index (κ2) is 13.0. The van der Waals surface area contributed by atoms with Crippen LogP contribution in [0.5, 0.6) is 0 Å². The van der Waals surface area contributed by atoms with Crippen molar-refractivity contribution < 1.29 is 14.3 Å². The molecule has 0 radical (unpaired) electrons. The Labute approximate surface area is 219 Å². The van der Waals surface area contributed by atoms with E-state index in [0.717, 1.165) is 24.8 Å². The number of unbranched alkanes of at least 4 members (excludes halogenated alkanes) is 4. The third-order valence-electron chi connectivity index (χ3n) is 6.77. The number of aromatic nitrogens is 1. The third-order valence-corrected chi connectivity index (χ3v) is 6.77. The Kier molecular flexibility index (Phi) is 9.20. The molecule has 0 fully saturated rings. The minimum atomic E-state index is -0.526. The largest absolute Gasteiger partial charge is 0.454 e. The maximum Gasteiger partial charge on any atom is 0.339 e. The zero-order valence-electron chi connectivity index (χ0n) is 21.8. The van der Waals surface area contributed by atoms with Crippen molar-refractivity contribution in [3.8, 4) is 11.3 Å². The second-order valence-electron chi connectivity index (χ2n) is 9.48. The zero-order chi connectivity index (χ0) is 26.0. The summed E-state index contributed by atoms with van der Waals surface area (Å²) in [6.07, 6.45) is 8.18. The van der Waals surface area contributed by atoms with E-state index in [1.807, 2.05) is 60.7 Å². The molecule has 0 saturated heterocycles. The van der Waals surface area contributed by atoms with Crippen molar-refractivity contribution in [3.63, 3.8) is 0 Å². The van der Waals surface area contributed by atoms with Gasteiger partial charge in [0.25, 0.3) is 0 Å². The number of hydrogen-bond acceptors (Lipinski definition) is 4. The minimum absolute atomic E-state index is 0.211. The van der Waals surface area contributed by atoms with E-state index in [0.29, 0.717) is 27.7 Å². The SMILES string of the molecule is CCCCCCCc1ccc(C(=O)COC(=O)c2cc(-c3ccc(CC)cc3)nc3ccccc23)cc1. The van der Waals surface area contributed by atoms with Crippen LogP contribution in [0, 0.1) is 0 Å². The molecule has 4 nitrogen and oxygen atoms in total. The van der Waals surface area contributed by atoms with E-state index in [1.165, 1.54) is 36.8 Å². The van der Waals surface area contributed by atoms with Crippen molar-refractivity contribution in [3.05, 3.63) is 101 Å². The summed E-state index contributed by atoms with van der Waals surface area (Å²) in [5.41, 5.74) is 5.77. The normalized spacial score (nSPS) is 11.0. The van der Waals surface area contributed by atoms with E-state index in [1.54, 1.807) is 6.07 Å². The van der Waals surface area contributed by atoms with Gasteiger partial charge in [-0.15, -0.1) is 0 Å². The zero-order valence-corrected chi connectivity index (χ0v) is 21.8. The van der Waals surface area contributed by atoms with E-state index in [-0.39, 0.29) is 12.4 Å². The van der Waals surface area contributed by atoms with Crippen molar-refractivity contribution in [2.24, 2.45) is 0 Å². The molecule has 3 aromatic carbocycles. The number of hydrogen-bond donors (Lipinski definition) is 0. The Balaban J connectivity index is 1.43. The van der Waals surface area contributed by atoms with Crippen LogP contribution in [-0.4, -0.2) is 23.3 Å². The van der Waals surface area contributed by atoms with Gasteiger partial charge in [0, 0.05) is 16.5 Å². The summed E-state index contributed by atoms with van der Waals surface area (Å²) in [4.78, 5) is 30.6. The van der Waals surface area contributed by atoms with Gasteiger partial charge < -0.3 is 4.74 Å². The van der Waals surface area contributed by atoms with E-state index in [2.05, 4.69) is 26.0 Å². The minimum Gasteiger partial charge on any atom is -0.454 e. The highest BCUT2D eigenvalue weighted by molar-refractivity contribution is 6.06. The van der Waals surface area contributed by atoms with E-state index in [4.69, 9.17) is 9.72 Å². The lowest BCUT2D eigenvalue weighted by atomic mass is 10.0. The molecule has 0 amide bonds. The fourth-order valence-corrected chi connectivity index (χ4v) is 4.49. The van der Waals surface area contributed by atoms with Gasteiger partial charge in [-0.25, -0.2) is 9.78 Å². The lowest BCUT2D eigenvalue weighted by Crippen LogP contribution is -2.15. The number of para-hydroxylation sites is 1. The smallest absolute Gasteiger partial charge is 0.339 e. The predicted octanol–water partition coefficient (Wildman–Crippen LogP) is 8.02. The summed E-state index contributed by atoms with van der Waals surface area (Å²) in [7, 11) is 0. The van der Waals surface area contributed by atoms with Crippen molar-refractivity contribution in [2.75, 3.05) is 6.61 Å². The van der Waals surface area contributed by atoms with Crippen LogP contribution in [0.4, 0.5) is 0 Å². The Morgan fingerprint density at radius 2 is 1.49 bits per heavy atom. The topological polar surface area (TPSA) is 56.3 Å². The first-order valence-corrected chi connectivity index (χ1v) is 13.4. The molecule has 0 aliphatic heterocycles. The number of nitrogens with zero attached hydrogens (tertiary/aromatic N) is 1. The number of esters is 1. The Bertz CT molecular complexity index is 1340. The number of rotatable bonds is 12. The summed E-state index contributed by atoms with van der Waals surface area (Å²) >= 11 is 0. The molecule has 0 saturated carbocycles. The van der Waals surface area contributed by atoms with Crippen LogP contribution < -0.4 is 0 Å². The van der Waals surface area contributed by atoms with Crippen LogP contribution >= 0.6 is 0 Å². The number of carbonyl (C=O) groups excluding carboxylic acids is 2. The molecule has 0 aliphatic rings. The maximum absolute atomic E-state index is 13.1. The average molecular weight is 494 g/mol. The number of pyridine rings is 1. The predicted molar refractivity (Wildman–Crippen MR) is 150 cm³/mol. The third kappa shape index (κ3) is 6.91. The van der Waals surface area contributed by atoms with Crippen molar-refractivity contribution in [1.29, 1.82) is 0 Å². The highest BCUT2D eigenvalue weighted by Gasteiger charge is 2.17. The standard InChI is InChI=1S/C33H35NO3/c1-3-5-6-7-8-11-25-16-20-27(21-17-25)32(35)23-37-33(36)29-22-31(26-18-14-24(4-2)15-19-26)34-30-13-10-9-12-28(29)30/h9-10,12-22H,3-8,11,23H2,1-2H3. The highest BCUT2D eigenvalue weighted by atomic mass is 16.5. The molecule has 0 aliphatic carbocycles. The molecule has 4 heteroatoms. The number of carbonyl (C=O) groups is 2. The first-order chi connectivity index (χ1) is 18.1. The molecule has 0 bridgehead atoms. The second-order valence-corrected chi connectivity index (χ2v) is 9.48. The molecule has 37 heavy (non-hydrogen) atoms. The molecular formula is C33H35NO3. The fourth-order valence-electron chi connectivity index (χ4n) is 4.49. The molecule has 4 rings (SSSR count). The van der Waals surface area contributed by atoms with Crippen LogP contribution in [0.1, 0.15) is 77.8 Å². The monoisotopic (exact) mass is 493 g/mol. The van der Waals surface area contributed by atoms with E-state index in [9.17, 15) is 9.59 Å². The molecule has 0 atom stereocenters. The number of fused-ring (bicyclic) bond motifs is 1. The van der Waals surface area contributed by atoms with E-state index >= 15 is 0 Å². The van der Waals surface area contributed by atoms with Crippen molar-refractivity contribution >= 4 is 22.7 Å². The van der Waals surface area contributed by atoms with Crippen molar-refractivity contribution in [2.45, 2.75) is 58.8 Å². The molecule has 1 aromatic heterocycles. The van der Waals surface area contributed by atoms with Gasteiger partial charge in [-0.1, -0.05) is 106 Å². The molecule has 0 N–H and O–H groups in total. The molecule has 190 valence electrons. The van der Waals surface area contributed by atoms with Crippen LogP contribution in [0.2, 0.25) is 0 Å². The van der Waals surface area contributed by atoms with Gasteiger partial charge >= 0.3 is 5.97 Å². The molecular weight excluding hydrogens is 458 g/mol. The number of ketones is 1. The summed E-state index contributed by atoms with van der Waals surface area (Å²) < 4.78 is 5.50. The molecule has 4 aromatic rings. The van der Waals surface area contributed by atoms with Crippen LogP contribution in [-0.2, 0) is 17.6 Å². The van der Waals surface area contributed by atoms with Crippen LogP contribution in [0.3, 0.4) is 0 Å².